The van der Waals surface area contributed by atoms with E-state index in [9.17, 15) is 4.79 Å². The Morgan fingerprint density at radius 3 is 2.71 bits per heavy atom. The molecule has 0 saturated carbocycles. The summed E-state index contributed by atoms with van der Waals surface area (Å²) in [6.07, 6.45) is 9.21. The number of pyridine rings is 3. The molecule has 0 bridgehead atoms. The van der Waals surface area contributed by atoms with E-state index in [1.54, 1.807) is 35.4 Å². The first-order chi connectivity index (χ1) is 15.0. The molecule has 1 aliphatic heterocycles. The van der Waals surface area contributed by atoms with E-state index in [2.05, 4.69) is 25.0 Å². The van der Waals surface area contributed by atoms with Crippen LogP contribution < -0.4 is 4.74 Å². The summed E-state index contributed by atoms with van der Waals surface area (Å²) in [5.74, 6) is 0.460. The number of aryl methyl sites for hydroxylation is 1. The van der Waals surface area contributed by atoms with E-state index in [0.29, 0.717) is 17.1 Å². The van der Waals surface area contributed by atoms with Crippen LogP contribution in [0, 0.1) is 0 Å². The van der Waals surface area contributed by atoms with Crippen LogP contribution in [0.25, 0.3) is 22.0 Å². The van der Waals surface area contributed by atoms with Crippen LogP contribution in [0.1, 0.15) is 16.1 Å². The van der Waals surface area contributed by atoms with Gasteiger partial charge in [0.25, 0.3) is 0 Å². The number of carbonyl (C=O) groups excluding carboxylic acids is 1. The summed E-state index contributed by atoms with van der Waals surface area (Å²) in [6, 6.07) is 7.39. The highest BCUT2D eigenvalue weighted by Gasteiger charge is 2.25. The van der Waals surface area contributed by atoms with Crippen molar-refractivity contribution < 1.29 is 9.53 Å². The lowest BCUT2D eigenvalue weighted by Gasteiger charge is -2.35. The summed E-state index contributed by atoms with van der Waals surface area (Å²) in [7, 11) is 3.92. The van der Waals surface area contributed by atoms with Crippen molar-refractivity contribution in [2.24, 2.45) is 7.05 Å². The number of carbonyl (C=O) groups is 1. The molecule has 1 aliphatic rings. The Morgan fingerprint density at radius 1 is 1.06 bits per heavy atom. The summed E-state index contributed by atoms with van der Waals surface area (Å²) in [4.78, 5) is 28.2. The molecule has 5 heterocycles. The third-order valence-electron chi connectivity index (χ3n) is 5.38. The molecule has 8 nitrogen and oxygen atoms in total. The van der Waals surface area contributed by atoms with E-state index in [1.807, 2.05) is 38.6 Å². The lowest BCUT2D eigenvalue weighted by atomic mass is 10.1. The molecular formula is C23H22N6O2. The maximum Gasteiger partial charge on any atom is 0.214 e. The smallest absolute Gasteiger partial charge is 0.214 e. The maximum absolute atomic E-state index is 12.9. The molecule has 156 valence electrons. The van der Waals surface area contributed by atoms with Gasteiger partial charge < -0.3 is 4.74 Å². The van der Waals surface area contributed by atoms with Crippen LogP contribution in [0.3, 0.4) is 0 Å². The highest BCUT2D eigenvalue weighted by Crippen LogP contribution is 2.23. The number of likely N-dealkylation sites (tertiary alicyclic amines) is 1. The van der Waals surface area contributed by atoms with Crippen molar-refractivity contribution >= 4 is 16.7 Å². The van der Waals surface area contributed by atoms with Crippen molar-refractivity contribution in [3.63, 3.8) is 0 Å². The molecule has 1 saturated heterocycles. The molecule has 0 radical (unpaired) electrons. The zero-order chi connectivity index (χ0) is 21.4. The number of ketones is 1. The standard InChI is InChI=1S/C23H22N6O2/c1-28-13-20(14-28)31-23-7-15(3-4-24-23)22(30)8-19-6-16-5-17(9-26-21(16)11-25-19)18-10-27-29(2)12-18/h3-7,9-12,20H,8,13-14H2,1-2H3. The molecule has 0 amide bonds. The van der Waals surface area contributed by atoms with Crippen LogP contribution in [-0.4, -0.2) is 61.7 Å². The number of rotatable bonds is 6. The van der Waals surface area contributed by atoms with E-state index in [0.717, 1.165) is 35.1 Å². The van der Waals surface area contributed by atoms with Gasteiger partial charge in [-0.3, -0.25) is 24.3 Å². The average Bonchev–Trinajstić information content (AvgIpc) is 3.19. The first-order valence-corrected chi connectivity index (χ1v) is 10.1. The predicted molar refractivity (Wildman–Crippen MR) is 116 cm³/mol. The van der Waals surface area contributed by atoms with Gasteiger partial charge in [-0.05, 0) is 25.2 Å². The van der Waals surface area contributed by atoms with Gasteiger partial charge in [-0.1, -0.05) is 0 Å². The van der Waals surface area contributed by atoms with Crippen molar-refractivity contribution in [2.75, 3.05) is 20.1 Å². The molecule has 31 heavy (non-hydrogen) atoms. The van der Waals surface area contributed by atoms with Gasteiger partial charge in [0, 0.05) is 72.6 Å². The van der Waals surface area contributed by atoms with Crippen LogP contribution in [0.2, 0.25) is 0 Å². The van der Waals surface area contributed by atoms with Gasteiger partial charge in [0.1, 0.15) is 6.10 Å². The molecule has 0 N–H and O–H groups in total. The average molecular weight is 414 g/mol. The normalized spacial score (nSPS) is 14.5. The topological polar surface area (TPSA) is 86.0 Å². The molecule has 0 unspecified atom stereocenters. The fourth-order valence-electron chi connectivity index (χ4n) is 3.70. The fraction of sp³-hybridized carbons (Fsp3) is 0.261. The summed E-state index contributed by atoms with van der Waals surface area (Å²) in [5, 5.41) is 5.15. The minimum atomic E-state index is -0.0267. The highest BCUT2D eigenvalue weighted by molar-refractivity contribution is 5.98. The van der Waals surface area contributed by atoms with Crippen LogP contribution >= 0.6 is 0 Å². The molecule has 4 aromatic rings. The van der Waals surface area contributed by atoms with Crippen molar-refractivity contribution in [3.05, 3.63) is 66.5 Å². The van der Waals surface area contributed by atoms with Gasteiger partial charge in [0.05, 0.1) is 24.3 Å². The Bertz CT molecular complexity index is 1260. The largest absolute Gasteiger partial charge is 0.472 e. The zero-order valence-electron chi connectivity index (χ0n) is 17.4. The fourth-order valence-corrected chi connectivity index (χ4v) is 3.70. The van der Waals surface area contributed by atoms with E-state index >= 15 is 0 Å². The quantitative estimate of drug-likeness (QED) is 0.448. The summed E-state index contributed by atoms with van der Waals surface area (Å²) in [6.45, 7) is 1.74. The SMILES string of the molecule is CN1CC(Oc2cc(C(=O)Cc3cc4cc(-c5cnn(C)c5)cnc4cn3)ccn2)C1. The van der Waals surface area contributed by atoms with Gasteiger partial charge >= 0.3 is 0 Å². The molecule has 1 fully saturated rings. The maximum atomic E-state index is 12.9. The van der Waals surface area contributed by atoms with Crippen LogP contribution in [0.5, 0.6) is 5.88 Å². The Morgan fingerprint density at radius 2 is 1.94 bits per heavy atom. The van der Waals surface area contributed by atoms with Crippen LogP contribution in [0.15, 0.2) is 55.2 Å². The van der Waals surface area contributed by atoms with Crippen molar-refractivity contribution in [1.29, 1.82) is 0 Å². The number of hydrogen-bond acceptors (Lipinski definition) is 7. The first-order valence-electron chi connectivity index (χ1n) is 10.1. The predicted octanol–water partition coefficient (Wildman–Crippen LogP) is 2.54. The number of likely N-dealkylation sites (N-methyl/N-ethyl adjacent to an activating group) is 1. The van der Waals surface area contributed by atoms with E-state index in [1.165, 1.54) is 0 Å². The Balaban J connectivity index is 1.34. The summed E-state index contributed by atoms with van der Waals surface area (Å²) < 4.78 is 7.60. The number of Topliss-reactive ketones (excluding diaryl/α,β-unsaturated/α-hetero) is 1. The lowest BCUT2D eigenvalue weighted by Crippen LogP contribution is -2.51. The second kappa shape index (κ2) is 7.88. The van der Waals surface area contributed by atoms with Gasteiger partial charge in [0.2, 0.25) is 5.88 Å². The van der Waals surface area contributed by atoms with Gasteiger partial charge in [0.15, 0.2) is 5.78 Å². The minimum Gasteiger partial charge on any atom is -0.472 e. The van der Waals surface area contributed by atoms with E-state index in [4.69, 9.17) is 4.74 Å². The summed E-state index contributed by atoms with van der Waals surface area (Å²) in [5.41, 5.74) is 4.02. The number of aromatic nitrogens is 5. The molecule has 0 aliphatic carbocycles. The third kappa shape index (κ3) is 4.15. The van der Waals surface area contributed by atoms with Gasteiger partial charge in [-0.15, -0.1) is 0 Å². The molecule has 0 aromatic carbocycles. The first kappa shape index (κ1) is 19.3. The Labute approximate surface area is 179 Å². The second-order valence-corrected chi connectivity index (χ2v) is 7.94. The second-order valence-electron chi connectivity index (χ2n) is 7.94. The molecule has 0 atom stereocenters. The lowest BCUT2D eigenvalue weighted by molar-refractivity contribution is 0.0355. The molecule has 0 spiro atoms. The van der Waals surface area contributed by atoms with Crippen LogP contribution in [-0.2, 0) is 13.5 Å². The van der Waals surface area contributed by atoms with Gasteiger partial charge in [-0.2, -0.15) is 5.10 Å². The number of ether oxygens (including phenoxy) is 1. The van der Waals surface area contributed by atoms with Gasteiger partial charge in [-0.25, -0.2) is 4.98 Å². The molecular weight excluding hydrogens is 392 g/mol. The third-order valence-corrected chi connectivity index (χ3v) is 5.38. The van der Waals surface area contributed by atoms with E-state index < -0.39 is 0 Å². The van der Waals surface area contributed by atoms with E-state index in [-0.39, 0.29) is 18.3 Å². The summed E-state index contributed by atoms with van der Waals surface area (Å²) >= 11 is 0. The monoisotopic (exact) mass is 414 g/mol. The van der Waals surface area contributed by atoms with Crippen molar-refractivity contribution in [3.8, 4) is 17.0 Å². The molecule has 8 heteroatoms. The van der Waals surface area contributed by atoms with Crippen molar-refractivity contribution in [1.82, 2.24) is 29.6 Å². The zero-order valence-corrected chi connectivity index (χ0v) is 17.4. The minimum absolute atomic E-state index is 0.0267. The molecule has 5 rings (SSSR count). The number of hydrogen-bond donors (Lipinski definition) is 0. The highest BCUT2D eigenvalue weighted by atomic mass is 16.5. The molecule has 4 aromatic heterocycles. The Kier molecular flexibility index (Phi) is 4.91. The van der Waals surface area contributed by atoms with Crippen molar-refractivity contribution in [2.45, 2.75) is 12.5 Å². The van der Waals surface area contributed by atoms with Crippen LogP contribution in [0.4, 0.5) is 0 Å². The Hall–Kier alpha value is -3.65. The number of fused-ring (bicyclic) bond motifs is 1. The number of nitrogens with zero attached hydrogens (tertiary/aromatic N) is 6.